The summed E-state index contributed by atoms with van der Waals surface area (Å²) in [7, 11) is 1.66. The van der Waals surface area contributed by atoms with E-state index < -0.39 is 0 Å². The van der Waals surface area contributed by atoms with Crippen LogP contribution in [0, 0.1) is 0 Å². The quantitative estimate of drug-likeness (QED) is 0.852. The highest BCUT2D eigenvalue weighted by molar-refractivity contribution is 5.93. The van der Waals surface area contributed by atoms with E-state index in [0.717, 1.165) is 6.54 Å². The molecule has 5 heteroatoms. The lowest BCUT2D eigenvalue weighted by Gasteiger charge is -2.30. The molecule has 0 aliphatic rings. The maximum Gasteiger partial charge on any atom is 0.251 e. The minimum absolute atomic E-state index is 0.177. The Balaban J connectivity index is 2.55. The summed E-state index contributed by atoms with van der Waals surface area (Å²) in [4.78, 5) is 25.7. The van der Waals surface area contributed by atoms with Crippen LogP contribution in [0.2, 0.25) is 0 Å². The molecule has 0 unspecified atom stereocenters. The maximum absolute atomic E-state index is 12.0. The topological polar surface area (TPSA) is 54.3 Å². The number of carbonyl (C=O) groups excluding carboxylic acids is 1. The van der Waals surface area contributed by atoms with Gasteiger partial charge in [0.05, 0.1) is 0 Å². The molecule has 1 aromatic heterocycles. The summed E-state index contributed by atoms with van der Waals surface area (Å²) in [5, 5.41) is 2.86. The van der Waals surface area contributed by atoms with E-state index in [1.807, 2.05) is 0 Å². The summed E-state index contributed by atoms with van der Waals surface area (Å²) in [5.41, 5.74) is 0.234. The van der Waals surface area contributed by atoms with Crippen molar-refractivity contribution in [1.29, 1.82) is 0 Å². The van der Waals surface area contributed by atoms with E-state index in [1.165, 1.54) is 10.6 Å². The van der Waals surface area contributed by atoms with E-state index in [-0.39, 0.29) is 11.5 Å². The third kappa shape index (κ3) is 4.49. The molecule has 0 fully saturated rings. The second-order valence-electron chi connectivity index (χ2n) is 5.55. The van der Waals surface area contributed by atoms with Gasteiger partial charge in [-0.2, -0.15) is 0 Å². The van der Waals surface area contributed by atoms with Crippen LogP contribution in [-0.2, 0) is 7.05 Å². The smallest absolute Gasteiger partial charge is 0.251 e. The van der Waals surface area contributed by atoms with Gasteiger partial charge in [-0.3, -0.25) is 14.5 Å². The van der Waals surface area contributed by atoms with Crippen LogP contribution in [0.1, 0.15) is 38.1 Å². The number of hydrogen-bond donors (Lipinski definition) is 1. The van der Waals surface area contributed by atoms with E-state index in [4.69, 9.17) is 0 Å². The number of nitrogens with zero attached hydrogens (tertiary/aromatic N) is 2. The Morgan fingerprint density at radius 2 is 1.90 bits per heavy atom. The number of pyridine rings is 1. The van der Waals surface area contributed by atoms with E-state index >= 15 is 0 Å². The first-order chi connectivity index (χ1) is 9.32. The molecule has 0 spiro atoms. The zero-order valence-corrected chi connectivity index (χ0v) is 13.0. The molecule has 1 aromatic rings. The van der Waals surface area contributed by atoms with Crippen LogP contribution in [-0.4, -0.2) is 40.5 Å². The minimum atomic E-state index is -0.199. The summed E-state index contributed by atoms with van der Waals surface area (Å²) >= 11 is 0. The number of aromatic nitrogens is 1. The first-order valence-corrected chi connectivity index (χ1v) is 7.03. The van der Waals surface area contributed by atoms with Crippen molar-refractivity contribution in [2.24, 2.45) is 7.05 Å². The molecule has 0 saturated heterocycles. The Morgan fingerprint density at radius 3 is 2.40 bits per heavy atom. The predicted molar refractivity (Wildman–Crippen MR) is 81.0 cm³/mol. The SMILES string of the molecule is CC(C)N(CCNC(=O)c1ccn(C)c(=O)c1)C(C)C. The summed E-state index contributed by atoms with van der Waals surface area (Å²) in [6, 6.07) is 3.89. The van der Waals surface area contributed by atoms with Crippen LogP contribution in [0.15, 0.2) is 23.1 Å². The molecule has 20 heavy (non-hydrogen) atoms. The van der Waals surface area contributed by atoms with Gasteiger partial charge in [0, 0.05) is 50.0 Å². The molecule has 1 heterocycles. The van der Waals surface area contributed by atoms with Gasteiger partial charge in [0.25, 0.3) is 11.5 Å². The molecule has 0 aliphatic heterocycles. The standard InChI is InChI=1S/C15H25N3O2/c1-11(2)18(12(3)4)9-7-16-15(20)13-6-8-17(5)14(19)10-13/h6,8,10-12H,7,9H2,1-5H3,(H,16,20). The first kappa shape index (κ1) is 16.4. The van der Waals surface area contributed by atoms with Gasteiger partial charge >= 0.3 is 0 Å². The number of nitrogens with one attached hydrogen (secondary N) is 1. The molecule has 1 amide bonds. The van der Waals surface area contributed by atoms with Crippen LogP contribution in [0.5, 0.6) is 0 Å². The summed E-state index contributed by atoms with van der Waals surface area (Å²) in [6.45, 7) is 9.94. The average molecular weight is 279 g/mol. The number of rotatable bonds is 6. The zero-order chi connectivity index (χ0) is 15.3. The molecule has 0 aliphatic carbocycles. The number of hydrogen-bond acceptors (Lipinski definition) is 3. The van der Waals surface area contributed by atoms with E-state index in [9.17, 15) is 9.59 Å². The third-order valence-corrected chi connectivity index (χ3v) is 3.35. The molecule has 1 N–H and O–H groups in total. The molecule has 0 bridgehead atoms. The van der Waals surface area contributed by atoms with Crippen LogP contribution in [0.3, 0.4) is 0 Å². The second-order valence-corrected chi connectivity index (χ2v) is 5.55. The van der Waals surface area contributed by atoms with Gasteiger partial charge in [0.15, 0.2) is 0 Å². The predicted octanol–water partition coefficient (Wildman–Crippen LogP) is 1.23. The van der Waals surface area contributed by atoms with Crippen molar-refractivity contribution in [3.05, 3.63) is 34.2 Å². The van der Waals surface area contributed by atoms with Gasteiger partial charge in [0.1, 0.15) is 0 Å². The highest BCUT2D eigenvalue weighted by Crippen LogP contribution is 2.03. The molecule has 0 atom stereocenters. The van der Waals surface area contributed by atoms with Crippen LogP contribution >= 0.6 is 0 Å². The van der Waals surface area contributed by atoms with Crippen molar-refractivity contribution in [3.8, 4) is 0 Å². The van der Waals surface area contributed by atoms with E-state index in [1.54, 1.807) is 19.3 Å². The summed E-state index contributed by atoms with van der Waals surface area (Å²) < 4.78 is 1.44. The Hall–Kier alpha value is -1.62. The number of amides is 1. The molecular weight excluding hydrogens is 254 g/mol. The fraction of sp³-hybridized carbons (Fsp3) is 0.600. The van der Waals surface area contributed by atoms with Crippen molar-refractivity contribution in [2.75, 3.05) is 13.1 Å². The lowest BCUT2D eigenvalue weighted by molar-refractivity contribution is 0.0939. The van der Waals surface area contributed by atoms with Crippen molar-refractivity contribution < 1.29 is 4.79 Å². The fourth-order valence-electron chi connectivity index (χ4n) is 2.20. The fourth-order valence-corrected chi connectivity index (χ4v) is 2.20. The highest BCUT2D eigenvalue weighted by atomic mass is 16.2. The summed E-state index contributed by atoms with van der Waals surface area (Å²) in [5.74, 6) is -0.199. The third-order valence-electron chi connectivity index (χ3n) is 3.35. The largest absolute Gasteiger partial charge is 0.351 e. The van der Waals surface area contributed by atoms with Crippen LogP contribution in [0.25, 0.3) is 0 Å². The Morgan fingerprint density at radius 1 is 1.30 bits per heavy atom. The maximum atomic E-state index is 12.0. The lowest BCUT2D eigenvalue weighted by atomic mass is 10.2. The molecule has 5 nitrogen and oxygen atoms in total. The van der Waals surface area contributed by atoms with Crippen LogP contribution < -0.4 is 10.9 Å². The molecule has 0 aromatic carbocycles. The van der Waals surface area contributed by atoms with Gasteiger partial charge < -0.3 is 9.88 Å². The van der Waals surface area contributed by atoms with Gasteiger partial charge in [-0.15, -0.1) is 0 Å². The van der Waals surface area contributed by atoms with E-state index in [2.05, 4.69) is 37.9 Å². The van der Waals surface area contributed by atoms with Gasteiger partial charge in [-0.25, -0.2) is 0 Å². The molecule has 112 valence electrons. The Bertz CT molecular complexity index is 498. The second kappa shape index (κ2) is 7.24. The number of aryl methyl sites for hydroxylation is 1. The lowest BCUT2D eigenvalue weighted by Crippen LogP contribution is -2.42. The van der Waals surface area contributed by atoms with Gasteiger partial charge in [-0.05, 0) is 33.8 Å². The molecule has 0 radical (unpaired) electrons. The van der Waals surface area contributed by atoms with Crippen molar-refractivity contribution in [1.82, 2.24) is 14.8 Å². The monoisotopic (exact) mass is 279 g/mol. The van der Waals surface area contributed by atoms with Crippen molar-refractivity contribution in [3.63, 3.8) is 0 Å². The molecule has 1 rings (SSSR count). The van der Waals surface area contributed by atoms with Crippen molar-refractivity contribution >= 4 is 5.91 Å². The summed E-state index contributed by atoms with van der Waals surface area (Å²) in [6.07, 6.45) is 1.60. The van der Waals surface area contributed by atoms with E-state index in [0.29, 0.717) is 24.2 Å². The normalized spacial score (nSPS) is 11.4. The number of carbonyl (C=O) groups is 1. The van der Waals surface area contributed by atoms with Crippen molar-refractivity contribution in [2.45, 2.75) is 39.8 Å². The zero-order valence-electron chi connectivity index (χ0n) is 13.0. The highest BCUT2D eigenvalue weighted by Gasteiger charge is 2.13. The Kier molecular flexibility index (Phi) is 5.95. The van der Waals surface area contributed by atoms with Gasteiger partial charge in [-0.1, -0.05) is 0 Å². The van der Waals surface area contributed by atoms with Gasteiger partial charge in [0.2, 0.25) is 0 Å². The molecular formula is C15H25N3O2. The first-order valence-electron chi connectivity index (χ1n) is 7.03. The minimum Gasteiger partial charge on any atom is -0.351 e. The van der Waals surface area contributed by atoms with Crippen LogP contribution in [0.4, 0.5) is 0 Å². The average Bonchev–Trinajstić information content (AvgIpc) is 2.36. The Labute approximate surface area is 120 Å². The molecule has 0 saturated carbocycles.